The summed E-state index contributed by atoms with van der Waals surface area (Å²) in [6, 6.07) is 16.7. The van der Waals surface area contributed by atoms with Crippen LogP contribution in [0.3, 0.4) is 0 Å². The third kappa shape index (κ3) is 5.31. The van der Waals surface area contributed by atoms with Gasteiger partial charge in [-0.05, 0) is 42.6 Å². The van der Waals surface area contributed by atoms with Gasteiger partial charge < -0.3 is 14.9 Å². The number of Topliss-reactive ketones (excluding diaryl/α,β-unsaturated/α-hetero) is 1. The van der Waals surface area contributed by atoms with E-state index < -0.39 is 24.1 Å². The maximum Gasteiger partial charge on any atom is 0.412 e. The number of fused-ring (bicyclic) bond motifs is 1. The first-order chi connectivity index (χ1) is 15.3. The molecule has 3 aromatic rings. The zero-order chi connectivity index (χ0) is 23.3. The predicted octanol–water partition coefficient (Wildman–Crippen LogP) is 5.31. The summed E-state index contributed by atoms with van der Waals surface area (Å²) in [5, 5.41) is 23.1. The van der Waals surface area contributed by atoms with Crippen LogP contribution in [-0.4, -0.2) is 28.1 Å². The van der Waals surface area contributed by atoms with E-state index in [1.165, 1.54) is 19.1 Å². The average Bonchev–Trinajstić information content (AvgIpc) is 2.77. The minimum atomic E-state index is -1.11. The quantitative estimate of drug-likeness (QED) is 0.344. The van der Waals surface area contributed by atoms with Gasteiger partial charge in [0.15, 0.2) is 5.78 Å². The van der Waals surface area contributed by atoms with Crippen molar-refractivity contribution in [2.24, 2.45) is 5.92 Å². The van der Waals surface area contributed by atoms with E-state index in [2.05, 4.69) is 5.32 Å². The highest BCUT2D eigenvalue weighted by Crippen LogP contribution is 2.36. The zero-order valence-electron chi connectivity index (χ0n) is 17.6. The van der Waals surface area contributed by atoms with E-state index in [1.807, 2.05) is 0 Å². The van der Waals surface area contributed by atoms with Gasteiger partial charge in [0.1, 0.15) is 11.9 Å². The molecule has 7 nitrogen and oxygen atoms in total. The first-order valence-electron chi connectivity index (χ1n) is 9.96. The van der Waals surface area contributed by atoms with E-state index in [9.17, 15) is 19.5 Å². The summed E-state index contributed by atoms with van der Waals surface area (Å²) in [5.74, 6) is -1.59. The molecular formula is C25H23NO6. The topological polar surface area (TPSA) is 113 Å². The van der Waals surface area contributed by atoms with Crippen molar-refractivity contribution in [2.75, 3.05) is 5.32 Å². The van der Waals surface area contributed by atoms with Crippen LogP contribution in [0.2, 0.25) is 0 Å². The number of ketones is 1. The number of benzene rings is 3. The number of hydrogen-bond donors (Lipinski definition) is 3. The molecule has 0 aromatic heterocycles. The molecule has 3 aromatic carbocycles. The summed E-state index contributed by atoms with van der Waals surface area (Å²) in [5.41, 5.74) is 1.59. The predicted molar refractivity (Wildman–Crippen MR) is 121 cm³/mol. The fraction of sp³-hybridized carbons (Fsp3) is 0.160. The van der Waals surface area contributed by atoms with Crippen molar-refractivity contribution in [1.29, 1.82) is 0 Å². The van der Waals surface area contributed by atoms with Crippen LogP contribution in [0.15, 0.2) is 72.8 Å². The third-order valence-corrected chi connectivity index (χ3v) is 5.03. The first-order valence-corrected chi connectivity index (χ1v) is 9.96. The highest BCUT2D eigenvalue weighted by molar-refractivity contribution is 5.95. The van der Waals surface area contributed by atoms with E-state index in [4.69, 9.17) is 9.84 Å². The number of phenols is 1. The molecule has 0 heterocycles. The molecule has 3 N–H and O–H groups in total. The molecule has 0 radical (unpaired) electrons. The number of rotatable bonds is 7. The number of hydrogen-bond acceptors (Lipinski definition) is 5. The van der Waals surface area contributed by atoms with E-state index in [-0.39, 0.29) is 11.5 Å². The van der Waals surface area contributed by atoms with Gasteiger partial charge in [-0.3, -0.25) is 10.1 Å². The number of anilines is 1. The molecule has 0 saturated heterocycles. The Bertz CT molecular complexity index is 1180. The SMILES string of the molecule is CC(=O)c1ccc(NC(=O)O[C@H](c2ccc(O)c3ccccc23)[C@H](C)/C=C/C(=O)O)cc1. The monoisotopic (exact) mass is 433 g/mol. The molecule has 3 rings (SSSR count). The standard InChI is InChI=1S/C25H23NO6/c1-15(7-14-23(29)30)24(21-12-13-22(28)20-6-4-3-5-19(20)21)32-25(31)26-18-10-8-17(9-11-18)16(2)27/h3-15,24,28H,1-2H3,(H,26,31)(H,29,30)/b14-7+/t15-,24+/m1/s1. The number of carbonyl (C=O) groups excluding carboxylic acids is 2. The lowest BCUT2D eigenvalue weighted by Gasteiger charge is -2.24. The normalized spacial score (nSPS) is 12.9. The maximum absolute atomic E-state index is 12.7. The minimum absolute atomic E-state index is 0.0857. The van der Waals surface area contributed by atoms with Gasteiger partial charge >= 0.3 is 12.1 Å². The van der Waals surface area contributed by atoms with Crippen molar-refractivity contribution < 1.29 is 29.3 Å². The van der Waals surface area contributed by atoms with Gasteiger partial charge in [-0.2, -0.15) is 0 Å². The largest absolute Gasteiger partial charge is 0.507 e. The van der Waals surface area contributed by atoms with Crippen LogP contribution in [-0.2, 0) is 9.53 Å². The lowest BCUT2D eigenvalue weighted by Crippen LogP contribution is -2.21. The summed E-state index contributed by atoms with van der Waals surface area (Å²) in [6.07, 6.45) is 0.886. The summed E-state index contributed by atoms with van der Waals surface area (Å²) < 4.78 is 5.72. The Morgan fingerprint density at radius 3 is 2.25 bits per heavy atom. The Morgan fingerprint density at radius 2 is 1.62 bits per heavy atom. The fourth-order valence-electron chi connectivity index (χ4n) is 3.39. The van der Waals surface area contributed by atoms with Crippen molar-refractivity contribution in [3.05, 3.63) is 83.9 Å². The molecule has 0 aliphatic heterocycles. The van der Waals surface area contributed by atoms with Crippen molar-refractivity contribution in [1.82, 2.24) is 0 Å². The highest BCUT2D eigenvalue weighted by atomic mass is 16.6. The van der Waals surface area contributed by atoms with Crippen molar-refractivity contribution in [2.45, 2.75) is 20.0 Å². The van der Waals surface area contributed by atoms with Crippen LogP contribution in [0, 0.1) is 5.92 Å². The van der Waals surface area contributed by atoms with Crippen molar-refractivity contribution in [3.8, 4) is 5.75 Å². The summed E-state index contributed by atoms with van der Waals surface area (Å²) in [4.78, 5) is 35.1. The van der Waals surface area contributed by atoms with Gasteiger partial charge in [-0.25, -0.2) is 9.59 Å². The van der Waals surface area contributed by atoms with Crippen molar-refractivity contribution >= 4 is 34.3 Å². The number of nitrogens with one attached hydrogen (secondary N) is 1. The molecule has 0 aliphatic rings. The number of phenolic OH excluding ortho intramolecular Hbond substituents is 1. The Morgan fingerprint density at radius 1 is 0.969 bits per heavy atom. The Labute approximate surface area is 185 Å². The zero-order valence-corrected chi connectivity index (χ0v) is 17.6. The number of amides is 1. The minimum Gasteiger partial charge on any atom is -0.507 e. The highest BCUT2D eigenvalue weighted by Gasteiger charge is 2.25. The maximum atomic E-state index is 12.7. The average molecular weight is 433 g/mol. The number of ether oxygens (including phenoxy) is 1. The van der Waals surface area contributed by atoms with Crippen LogP contribution in [0.1, 0.15) is 35.9 Å². The second-order valence-electron chi connectivity index (χ2n) is 7.36. The van der Waals surface area contributed by atoms with Gasteiger partial charge in [0.05, 0.1) is 0 Å². The molecule has 32 heavy (non-hydrogen) atoms. The number of aromatic hydroxyl groups is 1. The molecular weight excluding hydrogens is 410 g/mol. The second kappa shape index (κ2) is 9.78. The van der Waals surface area contributed by atoms with Crippen LogP contribution in [0.4, 0.5) is 10.5 Å². The lowest BCUT2D eigenvalue weighted by atomic mass is 9.92. The molecule has 1 amide bonds. The van der Waals surface area contributed by atoms with Gasteiger partial charge in [0.25, 0.3) is 0 Å². The van der Waals surface area contributed by atoms with Gasteiger partial charge in [-0.1, -0.05) is 43.3 Å². The Hall–Kier alpha value is -4.13. The van der Waals surface area contributed by atoms with E-state index in [0.717, 1.165) is 6.08 Å². The van der Waals surface area contributed by atoms with E-state index >= 15 is 0 Å². The molecule has 0 fully saturated rings. The lowest BCUT2D eigenvalue weighted by molar-refractivity contribution is -0.131. The van der Waals surface area contributed by atoms with E-state index in [1.54, 1.807) is 61.5 Å². The molecule has 0 spiro atoms. The van der Waals surface area contributed by atoms with Gasteiger partial charge in [0.2, 0.25) is 0 Å². The van der Waals surface area contributed by atoms with Gasteiger partial charge in [0, 0.05) is 34.2 Å². The number of carboxylic acid groups (broad SMARTS) is 1. The number of carbonyl (C=O) groups is 3. The third-order valence-electron chi connectivity index (χ3n) is 5.03. The fourth-order valence-corrected chi connectivity index (χ4v) is 3.39. The number of aliphatic carboxylic acids is 1. The molecule has 0 saturated carbocycles. The van der Waals surface area contributed by atoms with Crippen LogP contribution < -0.4 is 5.32 Å². The molecule has 2 atom stereocenters. The van der Waals surface area contributed by atoms with Crippen molar-refractivity contribution in [3.63, 3.8) is 0 Å². The smallest absolute Gasteiger partial charge is 0.412 e. The van der Waals surface area contributed by atoms with Crippen LogP contribution >= 0.6 is 0 Å². The second-order valence-corrected chi connectivity index (χ2v) is 7.36. The molecule has 0 bridgehead atoms. The summed E-state index contributed by atoms with van der Waals surface area (Å²) in [7, 11) is 0. The molecule has 0 aliphatic carbocycles. The summed E-state index contributed by atoms with van der Waals surface area (Å²) >= 11 is 0. The van der Waals surface area contributed by atoms with Crippen LogP contribution in [0.25, 0.3) is 10.8 Å². The summed E-state index contributed by atoms with van der Waals surface area (Å²) in [6.45, 7) is 3.19. The Balaban J connectivity index is 1.92. The molecule has 7 heteroatoms. The first kappa shape index (κ1) is 22.6. The molecule has 0 unspecified atom stereocenters. The van der Waals surface area contributed by atoms with Gasteiger partial charge in [-0.15, -0.1) is 0 Å². The van der Waals surface area contributed by atoms with Crippen LogP contribution in [0.5, 0.6) is 5.75 Å². The van der Waals surface area contributed by atoms with E-state index in [0.29, 0.717) is 27.6 Å². The Kier molecular flexibility index (Phi) is 6.90. The molecule has 164 valence electrons. The number of carboxylic acids is 1.